The molecule has 0 saturated carbocycles. The number of carbonyl (C=O) groups excluding carboxylic acids is 2. The van der Waals surface area contributed by atoms with Crippen molar-refractivity contribution in [2.75, 3.05) is 44.2 Å². The predicted octanol–water partition coefficient (Wildman–Crippen LogP) is 5.82. The number of rotatable bonds is 4. The summed E-state index contributed by atoms with van der Waals surface area (Å²) in [6, 6.07) is 17.5. The molecule has 0 N–H and O–H groups in total. The summed E-state index contributed by atoms with van der Waals surface area (Å²) in [6.45, 7) is 10.8. The maximum absolute atomic E-state index is 14.0. The van der Waals surface area contributed by atoms with Gasteiger partial charge in [-0.25, -0.2) is 4.79 Å². The van der Waals surface area contributed by atoms with Crippen LogP contribution in [0.3, 0.4) is 0 Å². The lowest BCUT2D eigenvalue weighted by Crippen LogP contribution is -2.51. The third kappa shape index (κ3) is 5.52. The second kappa shape index (κ2) is 10.8. The van der Waals surface area contributed by atoms with Crippen LogP contribution in [0, 0.1) is 11.8 Å². The Bertz CT molecular complexity index is 1230. The molecule has 0 aromatic heterocycles. The van der Waals surface area contributed by atoms with E-state index in [1.807, 2.05) is 31.7 Å². The van der Waals surface area contributed by atoms with Gasteiger partial charge in [-0.05, 0) is 113 Å². The van der Waals surface area contributed by atoms with Gasteiger partial charge in [0.15, 0.2) is 0 Å². The number of piperidine rings is 2. The summed E-state index contributed by atoms with van der Waals surface area (Å²) in [5, 5.41) is 0. The monoisotopic (exact) mass is 543 g/mol. The number of hydrogen-bond donors (Lipinski definition) is 0. The molecular weight excluding hydrogens is 498 g/mol. The smallest absolute Gasteiger partial charge is 0.410 e. The summed E-state index contributed by atoms with van der Waals surface area (Å²) >= 11 is 0. The molecule has 6 heteroatoms. The quantitative estimate of drug-likeness (QED) is 0.488. The highest BCUT2D eigenvalue weighted by atomic mass is 16.6. The zero-order chi connectivity index (χ0) is 27.9. The number of likely N-dealkylation sites (tertiary alicyclic amines) is 2. The van der Waals surface area contributed by atoms with Crippen LogP contribution in [0.5, 0.6) is 0 Å². The number of anilines is 1. The van der Waals surface area contributed by atoms with E-state index in [1.165, 1.54) is 31.2 Å². The van der Waals surface area contributed by atoms with Gasteiger partial charge in [-0.3, -0.25) is 4.79 Å². The molecular formula is C34H45N3O3. The van der Waals surface area contributed by atoms with Crippen molar-refractivity contribution in [2.24, 2.45) is 11.8 Å². The third-order valence-electron chi connectivity index (χ3n) is 9.82. The van der Waals surface area contributed by atoms with Crippen LogP contribution in [-0.2, 0) is 27.8 Å². The first-order valence-electron chi connectivity index (χ1n) is 15.4. The van der Waals surface area contributed by atoms with Gasteiger partial charge in [0.25, 0.3) is 0 Å². The van der Waals surface area contributed by atoms with Crippen LogP contribution >= 0.6 is 0 Å². The van der Waals surface area contributed by atoms with Crippen LogP contribution in [0.25, 0.3) is 0 Å². The highest BCUT2D eigenvalue weighted by Crippen LogP contribution is 2.46. The molecule has 1 aliphatic carbocycles. The van der Waals surface area contributed by atoms with Crippen molar-refractivity contribution >= 4 is 17.7 Å². The summed E-state index contributed by atoms with van der Waals surface area (Å²) in [5.41, 5.74) is 5.36. The fourth-order valence-electron chi connectivity index (χ4n) is 7.61. The van der Waals surface area contributed by atoms with Gasteiger partial charge in [-0.2, -0.15) is 0 Å². The maximum Gasteiger partial charge on any atom is 0.410 e. The molecule has 6 nitrogen and oxygen atoms in total. The summed E-state index contributed by atoms with van der Waals surface area (Å²) in [6.07, 6.45) is 7.26. The van der Waals surface area contributed by atoms with Crippen molar-refractivity contribution in [3.8, 4) is 0 Å². The normalized spacial score (nSPS) is 23.3. The van der Waals surface area contributed by atoms with E-state index in [4.69, 9.17) is 4.74 Å². The van der Waals surface area contributed by atoms with Crippen LogP contribution in [0.1, 0.15) is 69.6 Å². The number of para-hydroxylation sites is 1. The van der Waals surface area contributed by atoms with Gasteiger partial charge in [0.2, 0.25) is 5.91 Å². The Balaban J connectivity index is 1.08. The van der Waals surface area contributed by atoms with E-state index in [-0.39, 0.29) is 17.9 Å². The minimum atomic E-state index is -0.483. The van der Waals surface area contributed by atoms with E-state index in [9.17, 15) is 9.59 Å². The molecule has 2 saturated heterocycles. The number of fused-ring (bicyclic) bond motifs is 3. The van der Waals surface area contributed by atoms with Gasteiger partial charge in [0.05, 0.1) is 5.92 Å². The lowest BCUT2D eigenvalue weighted by atomic mass is 9.73. The standard InChI is InChI=1S/C34H45N3O3/c1-33(2,3)40-32(39)36-18-13-25(14-19-36)23-37-30-11-7-5-9-27(30)22-28(31(37)38)24-35-20-16-34(17-21-35)15-12-26-8-4-6-10-29(26)34/h4-11,25,28H,12-24H2,1-3H3. The van der Waals surface area contributed by atoms with E-state index in [1.54, 1.807) is 11.1 Å². The molecule has 0 radical (unpaired) electrons. The lowest BCUT2D eigenvalue weighted by Gasteiger charge is -2.43. The van der Waals surface area contributed by atoms with Gasteiger partial charge in [0, 0.05) is 31.9 Å². The second-order valence-electron chi connectivity index (χ2n) is 13.6. The van der Waals surface area contributed by atoms with Gasteiger partial charge in [0.1, 0.15) is 5.60 Å². The zero-order valence-electron chi connectivity index (χ0n) is 24.5. The summed E-state index contributed by atoms with van der Waals surface area (Å²) in [4.78, 5) is 33.0. The lowest BCUT2D eigenvalue weighted by molar-refractivity contribution is -0.123. The first-order valence-corrected chi connectivity index (χ1v) is 15.4. The van der Waals surface area contributed by atoms with Crippen LogP contribution in [0.4, 0.5) is 10.5 Å². The number of benzene rings is 2. The Labute approximate surface area is 239 Å². The average Bonchev–Trinajstić information content (AvgIpc) is 3.29. The maximum atomic E-state index is 14.0. The molecule has 0 bridgehead atoms. The van der Waals surface area contributed by atoms with Crippen LogP contribution in [-0.4, -0.2) is 66.7 Å². The molecule has 6 rings (SSSR count). The molecule has 2 amide bonds. The molecule has 40 heavy (non-hydrogen) atoms. The molecule has 4 aliphatic rings. The largest absolute Gasteiger partial charge is 0.444 e. The van der Waals surface area contributed by atoms with Crippen LogP contribution < -0.4 is 4.90 Å². The molecule has 2 aromatic rings. The van der Waals surface area contributed by atoms with Crippen molar-refractivity contribution in [1.29, 1.82) is 0 Å². The Morgan fingerprint density at radius 3 is 2.30 bits per heavy atom. The van der Waals surface area contributed by atoms with E-state index in [0.29, 0.717) is 24.4 Å². The number of nitrogens with zero attached hydrogens (tertiary/aromatic N) is 3. The Morgan fingerprint density at radius 2 is 1.57 bits per heavy atom. The topological polar surface area (TPSA) is 53.1 Å². The number of carbonyl (C=O) groups is 2. The SMILES string of the molecule is CC(C)(C)OC(=O)N1CCC(CN2C(=O)C(CN3CCC4(CCc5ccccc54)CC3)Cc3ccccc32)CC1. The van der Waals surface area contributed by atoms with Gasteiger partial charge >= 0.3 is 6.09 Å². The van der Waals surface area contributed by atoms with Crippen LogP contribution in [0.15, 0.2) is 48.5 Å². The molecule has 2 fully saturated rings. The molecule has 3 aliphatic heterocycles. The summed E-state index contributed by atoms with van der Waals surface area (Å²) in [5.74, 6) is 0.660. The van der Waals surface area contributed by atoms with Gasteiger partial charge < -0.3 is 19.4 Å². The Kier molecular flexibility index (Phi) is 7.41. The molecule has 2 aromatic carbocycles. The highest BCUT2D eigenvalue weighted by molar-refractivity contribution is 5.98. The van der Waals surface area contributed by atoms with Gasteiger partial charge in [-0.1, -0.05) is 42.5 Å². The fraction of sp³-hybridized carbons (Fsp3) is 0.588. The van der Waals surface area contributed by atoms with Crippen molar-refractivity contribution < 1.29 is 14.3 Å². The zero-order valence-corrected chi connectivity index (χ0v) is 24.5. The van der Waals surface area contributed by atoms with E-state index in [2.05, 4.69) is 52.3 Å². The first kappa shape index (κ1) is 27.3. The molecule has 3 heterocycles. The molecule has 214 valence electrons. The predicted molar refractivity (Wildman–Crippen MR) is 159 cm³/mol. The van der Waals surface area contributed by atoms with E-state index in [0.717, 1.165) is 51.1 Å². The number of ether oxygens (including phenoxy) is 1. The van der Waals surface area contributed by atoms with E-state index < -0.39 is 5.60 Å². The average molecular weight is 544 g/mol. The molecule has 1 spiro atoms. The van der Waals surface area contributed by atoms with Crippen molar-refractivity contribution in [3.05, 3.63) is 65.2 Å². The summed E-state index contributed by atoms with van der Waals surface area (Å²) in [7, 11) is 0. The Hall–Kier alpha value is -2.86. The summed E-state index contributed by atoms with van der Waals surface area (Å²) < 4.78 is 5.58. The number of amides is 2. The first-order chi connectivity index (χ1) is 19.2. The van der Waals surface area contributed by atoms with E-state index >= 15 is 0 Å². The van der Waals surface area contributed by atoms with Crippen molar-refractivity contribution in [3.63, 3.8) is 0 Å². The van der Waals surface area contributed by atoms with Gasteiger partial charge in [-0.15, -0.1) is 0 Å². The minimum absolute atomic E-state index is 0.00154. The van der Waals surface area contributed by atoms with Crippen molar-refractivity contribution in [1.82, 2.24) is 9.80 Å². The fourth-order valence-corrected chi connectivity index (χ4v) is 7.61. The Morgan fingerprint density at radius 1 is 0.900 bits per heavy atom. The molecule has 1 unspecified atom stereocenters. The number of hydrogen-bond acceptors (Lipinski definition) is 4. The highest BCUT2D eigenvalue weighted by Gasteiger charge is 2.42. The molecule has 1 atom stereocenters. The third-order valence-corrected chi connectivity index (χ3v) is 9.82. The number of aryl methyl sites for hydroxylation is 1. The minimum Gasteiger partial charge on any atom is -0.444 e. The second-order valence-corrected chi connectivity index (χ2v) is 13.6. The van der Waals surface area contributed by atoms with Crippen LogP contribution in [0.2, 0.25) is 0 Å². The van der Waals surface area contributed by atoms with Crippen molar-refractivity contribution in [2.45, 2.75) is 76.7 Å².